The van der Waals surface area contributed by atoms with Gasteiger partial charge in [-0.15, -0.1) is 0 Å². The number of hydrogen-bond acceptors (Lipinski definition) is 4. The van der Waals surface area contributed by atoms with Crippen molar-refractivity contribution in [3.63, 3.8) is 0 Å². The molecule has 0 saturated carbocycles. The van der Waals surface area contributed by atoms with Gasteiger partial charge in [-0.25, -0.2) is 8.42 Å². The van der Waals surface area contributed by atoms with Crippen LogP contribution in [0.2, 0.25) is 0 Å². The van der Waals surface area contributed by atoms with Crippen molar-refractivity contribution in [3.8, 4) is 0 Å². The van der Waals surface area contributed by atoms with Crippen LogP contribution in [0, 0.1) is 6.92 Å². The van der Waals surface area contributed by atoms with E-state index in [1.165, 1.54) is 5.56 Å². The number of nitrogens with zero attached hydrogens (tertiary/aromatic N) is 1. The molecule has 0 radical (unpaired) electrons. The molecule has 1 rings (SSSR count). The lowest BCUT2D eigenvalue weighted by Crippen LogP contribution is -2.27. The number of sulfone groups is 1. The molecule has 5 heteroatoms. The summed E-state index contributed by atoms with van der Waals surface area (Å²) in [6, 6.07) is 1.95. The van der Waals surface area contributed by atoms with Gasteiger partial charge in [-0.1, -0.05) is 0 Å². The van der Waals surface area contributed by atoms with Gasteiger partial charge in [0.1, 0.15) is 0 Å². The molecule has 0 spiro atoms. The summed E-state index contributed by atoms with van der Waals surface area (Å²) in [7, 11) is -2.94. The van der Waals surface area contributed by atoms with E-state index < -0.39 is 9.84 Å². The SMILES string of the molecule is Cc1ccncc1CNCCS(=O)(=O)C(C)C. The van der Waals surface area contributed by atoms with Crippen molar-refractivity contribution < 1.29 is 8.42 Å². The number of rotatable bonds is 6. The standard InChI is InChI=1S/C12H20N2O2S/c1-10(2)17(15,16)7-6-14-9-12-8-13-5-4-11(12)3/h4-5,8,10,14H,6-7,9H2,1-3H3. The highest BCUT2D eigenvalue weighted by atomic mass is 32.2. The second-order valence-electron chi connectivity index (χ2n) is 4.39. The third-order valence-electron chi connectivity index (χ3n) is 2.74. The summed E-state index contributed by atoms with van der Waals surface area (Å²) in [5, 5.41) is 2.83. The Labute approximate surface area is 103 Å². The maximum absolute atomic E-state index is 11.6. The van der Waals surface area contributed by atoms with Crippen LogP contribution in [0.1, 0.15) is 25.0 Å². The highest BCUT2D eigenvalue weighted by Gasteiger charge is 2.14. The van der Waals surface area contributed by atoms with Crippen molar-refractivity contribution in [1.29, 1.82) is 0 Å². The largest absolute Gasteiger partial charge is 0.312 e. The van der Waals surface area contributed by atoms with E-state index in [2.05, 4.69) is 10.3 Å². The fraction of sp³-hybridized carbons (Fsp3) is 0.583. The zero-order valence-electron chi connectivity index (χ0n) is 10.6. The number of aryl methyl sites for hydroxylation is 1. The summed E-state index contributed by atoms with van der Waals surface area (Å²) in [6.07, 6.45) is 3.56. The van der Waals surface area contributed by atoms with Gasteiger partial charge in [0.2, 0.25) is 0 Å². The van der Waals surface area contributed by atoms with Gasteiger partial charge in [-0.3, -0.25) is 4.98 Å². The maximum atomic E-state index is 11.6. The minimum atomic E-state index is -2.94. The zero-order chi connectivity index (χ0) is 12.9. The number of hydrogen-bond donors (Lipinski definition) is 1. The normalized spacial score (nSPS) is 12.0. The van der Waals surface area contributed by atoms with Gasteiger partial charge in [-0.05, 0) is 38.0 Å². The minimum absolute atomic E-state index is 0.185. The van der Waals surface area contributed by atoms with E-state index in [0.717, 1.165) is 5.56 Å². The van der Waals surface area contributed by atoms with Crippen LogP contribution in [0.4, 0.5) is 0 Å². The highest BCUT2D eigenvalue weighted by molar-refractivity contribution is 7.92. The van der Waals surface area contributed by atoms with Crippen molar-refractivity contribution in [2.75, 3.05) is 12.3 Å². The summed E-state index contributed by atoms with van der Waals surface area (Å²) < 4.78 is 23.1. The molecule has 0 amide bonds. The quantitative estimate of drug-likeness (QED) is 0.780. The highest BCUT2D eigenvalue weighted by Crippen LogP contribution is 2.04. The molecule has 0 aromatic carbocycles. The molecule has 0 aliphatic rings. The molecule has 0 saturated heterocycles. The van der Waals surface area contributed by atoms with Crippen LogP contribution >= 0.6 is 0 Å². The van der Waals surface area contributed by atoms with E-state index in [-0.39, 0.29) is 11.0 Å². The molecular formula is C12H20N2O2S. The van der Waals surface area contributed by atoms with E-state index >= 15 is 0 Å². The smallest absolute Gasteiger partial charge is 0.153 e. The predicted octanol–water partition coefficient (Wildman–Crippen LogP) is 1.30. The van der Waals surface area contributed by atoms with Crippen LogP contribution in [0.3, 0.4) is 0 Å². The second kappa shape index (κ2) is 6.12. The summed E-state index contributed by atoms with van der Waals surface area (Å²) in [4.78, 5) is 4.04. The molecule has 1 heterocycles. The van der Waals surface area contributed by atoms with Gasteiger partial charge in [0.25, 0.3) is 0 Å². The van der Waals surface area contributed by atoms with E-state index in [1.54, 1.807) is 26.2 Å². The van der Waals surface area contributed by atoms with E-state index in [1.807, 2.05) is 13.0 Å². The molecule has 0 atom stereocenters. The molecule has 0 aliphatic carbocycles. The molecule has 96 valence electrons. The second-order valence-corrected chi connectivity index (χ2v) is 7.07. The summed E-state index contributed by atoms with van der Waals surface area (Å²) in [5.41, 5.74) is 2.27. The first-order chi connectivity index (χ1) is 7.93. The Hall–Kier alpha value is -0.940. The molecule has 0 aliphatic heterocycles. The fourth-order valence-corrected chi connectivity index (χ4v) is 2.26. The van der Waals surface area contributed by atoms with Crippen molar-refractivity contribution in [2.24, 2.45) is 0 Å². The summed E-state index contributed by atoms with van der Waals surface area (Å²) in [5.74, 6) is 0.185. The Kier molecular flexibility index (Phi) is 5.08. The molecule has 0 bridgehead atoms. The average molecular weight is 256 g/mol. The van der Waals surface area contributed by atoms with Crippen molar-refractivity contribution in [1.82, 2.24) is 10.3 Å². The van der Waals surface area contributed by atoms with Gasteiger partial charge in [0, 0.05) is 25.5 Å². The first kappa shape index (κ1) is 14.1. The lowest BCUT2D eigenvalue weighted by molar-refractivity contribution is 0.582. The third-order valence-corrected chi connectivity index (χ3v) is 4.95. The maximum Gasteiger partial charge on any atom is 0.153 e. The van der Waals surface area contributed by atoms with Crippen molar-refractivity contribution in [2.45, 2.75) is 32.6 Å². The van der Waals surface area contributed by atoms with Crippen LogP contribution in [-0.4, -0.2) is 30.9 Å². The monoisotopic (exact) mass is 256 g/mol. The topological polar surface area (TPSA) is 59.1 Å². The average Bonchev–Trinajstić information content (AvgIpc) is 2.26. The number of aromatic nitrogens is 1. The Bertz CT molecular complexity index is 455. The molecule has 1 N–H and O–H groups in total. The van der Waals surface area contributed by atoms with Gasteiger partial charge in [0.15, 0.2) is 9.84 Å². The van der Waals surface area contributed by atoms with E-state index in [9.17, 15) is 8.42 Å². The lowest BCUT2D eigenvalue weighted by atomic mass is 10.2. The summed E-state index contributed by atoms with van der Waals surface area (Å²) in [6.45, 7) is 6.58. The molecule has 0 unspecified atom stereocenters. The Morgan fingerprint density at radius 3 is 2.71 bits per heavy atom. The molecule has 4 nitrogen and oxygen atoms in total. The van der Waals surface area contributed by atoms with Crippen LogP contribution in [0.25, 0.3) is 0 Å². The van der Waals surface area contributed by atoms with Gasteiger partial charge in [-0.2, -0.15) is 0 Å². The molecule has 0 fully saturated rings. The minimum Gasteiger partial charge on any atom is -0.312 e. The molecular weight excluding hydrogens is 236 g/mol. The predicted molar refractivity (Wildman–Crippen MR) is 69.6 cm³/mol. The zero-order valence-corrected chi connectivity index (χ0v) is 11.4. The Morgan fingerprint density at radius 2 is 2.12 bits per heavy atom. The van der Waals surface area contributed by atoms with Gasteiger partial charge < -0.3 is 5.32 Å². The third kappa shape index (κ3) is 4.44. The number of nitrogens with one attached hydrogen (secondary N) is 1. The van der Waals surface area contributed by atoms with Crippen LogP contribution in [0.5, 0.6) is 0 Å². The molecule has 1 aromatic rings. The van der Waals surface area contributed by atoms with Gasteiger partial charge in [0.05, 0.1) is 11.0 Å². The summed E-state index contributed by atoms with van der Waals surface area (Å²) >= 11 is 0. The van der Waals surface area contributed by atoms with Crippen LogP contribution in [-0.2, 0) is 16.4 Å². The van der Waals surface area contributed by atoms with Gasteiger partial charge >= 0.3 is 0 Å². The van der Waals surface area contributed by atoms with Crippen molar-refractivity contribution in [3.05, 3.63) is 29.6 Å². The fourth-order valence-electron chi connectivity index (χ4n) is 1.35. The van der Waals surface area contributed by atoms with E-state index in [4.69, 9.17) is 0 Å². The number of pyridine rings is 1. The Morgan fingerprint density at radius 1 is 1.41 bits per heavy atom. The lowest BCUT2D eigenvalue weighted by Gasteiger charge is -2.09. The van der Waals surface area contributed by atoms with Crippen LogP contribution < -0.4 is 5.32 Å². The first-order valence-corrected chi connectivity index (χ1v) is 7.47. The van der Waals surface area contributed by atoms with Crippen LogP contribution in [0.15, 0.2) is 18.5 Å². The van der Waals surface area contributed by atoms with Crippen molar-refractivity contribution >= 4 is 9.84 Å². The van der Waals surface area contributed by atoms with E-state index in [0.29, 0.717) is 13.1 Å². The first-order valence-electron chi connectivity index (χ1n) is 5.75. The molecule has 17 heavy (non-hydrogen) atoms. The molecule has 1 aromatic heterocycles. The Balaban J connectivity index is 2.38.